The summed E-state index contributed by atoms with van der Waals surface area (Å²) in [5.41, 5.74) is 4.32. The van der Waals surface area contributed by atoms with Gasteiger partial charge in [0.1, 0.15) is 0 Å². The average Bonchev–Trinajstić information content (AvgIpc) is 2.69. The summed E-state index contributed by atoms with van der Waals surface area (Å²) in [7, 11) is -2.42. The number of nitrogens with one attached hydrogen (secondary N) is 1. The maximum Gasteiger partial charge on any atom is 0.255 e. The van der Waals surface area contributed by atoms with Crippen LogP contribution < -0.4 is 5.43 Å². The molecule has 3 rings (SSSR count). The summed E-state index contributed by atoms with van der Waals surface area (Å²) in [4.78, 5) is 12.2. The molecule has 28 heavy (non-hydrogen) atoms. The van der Waals surface area contributed by atoms with Crippen LogP contribution in [0.25, 0.3) is 10.8 Å². The number of rotatable bonds is 6. The molecule has 0 bridgehead atoms. The minimum absolute atomic E-state index is 0.143. The first-order chi connectivity index (χ1) is 13.4. The quantitative estimate of drug-likeness (QED) is 0.515. The van der Waals surface area contributed by atoms with Crippen molar-refractivity contribution in [2.75, 3.05) is 13.6 Å². The monoisotopic (exact) mass is 395 g/mol. The molecule has 1 amide bonds. The van der Waals surface area contributed by atoms with Gasteiger partial charge in [0.05, 0.1) is 17.7 Å². The number of benzene rings is 3. The standard InChI is InChI=1S/C21H21N3O3S/c1-16-7-9-17(10-8-16)14-22-23-21(25)15-24(2)28(26,27)20-12-11-18-5-3-4-6-19(18)13-20/h3-14H,15H2,1-2H3,(H,23,25). The highest BCUT2D eigenvalue weighted by atomic mass is 32.2. The van der Waals surface area contributed by atoms with E-state index in [1.165, 1.54) is 13.3 Å². The maximum absolute atomic E-state index is 12.7. The van der Waals surface area contributed by atoms with E-state index in [-0.39, 0.29) is 11.4 Å². The number of amides is 1. The number of fused-ring (bicyclic) bond motifs is 1. The van der Waals surface area contributed by atoms with Crippen molar-refractivity contribution >= 4 is 32.9 Å². The molecule has 0 aromatic heterocycles. The molecule has 0 fully saturated rings. The highest BCUT2D eigenvalue weighted by Gasteiger charge is 2.23. The number of likely N-dealkylation sites (N-methyl/N-ethyl adjacent to an activating group) is 1. The van der Waals surface area contributed by atoms with Gasteiger partial charge in [-0.05, 0) is 35.4 Å². The zero-order chi connectivity index (χ0) is 20.1. The van der Waals surface area contributed by atoms with Crippen LogP contribution in [-0.2, 0) is 14.8 Å². The number of hydrogen-bond donors (Lipinski definition) is 1. The largest absolute Gasteiger partial charge is 0.272 e. The average molecular weight is 395 g/mol. The molecule has 3 aromatic rings. The van der Waals surface area contributed by atoms with Gasteiger partial charge < -0.3 is 0 Å². The van der Waals surface area contributed by atoms with Crippen LogP contribution in [0.15, 0.2) is 76.7 Å². The molecule has 0 aliphatic rings. The van der Waals surface area contributed by atoms with E-state index >= 15 is 0 Å². The van der Waals surface area contributed by atoms with Gasteiger partial charge in [-0.25, -0.2) is 13.8 Å². The number of hydrogen-bond acceptors (Lipinski definition) is 4. The Morgan fingerprint density at radius 2 is 1.71 bits per heavy atom. The van der Waals surface area contributed by atoms with Gasteiger partial charge in [0, 0.05) is 7.05 Å². The van der Waals surface area contributed by atoms with Crippen LogP contribution in [0.5, 0.6) is 0 Å². The molecule has 0 unspecified atom stereocenters. The predicted molar refractivity (Wildman–Crippen MR) is 111 cm³/mol. The molecular formula is C21H21N3O3S. The van der Waals surface area contributed by atoms with E-state index in [1.54, 1.807) is 18.2 Å². The smallest absolute Gasteiger partial charge is 0.255 e. The molecule has 144 valence electrons. The van der Waals surface area contributed by atoms with Crippen LogP contribution in [0.2, 0.25) is 0 Å². The molecule has 6 nitrogen and oxygen atoms in total. The molecule has 0 aliphatic heterocycles. The van der Waals surface area contributed by atoms with E-state index < -0.39 is 15.9 Å². The van der Waals surface area contributed by atoms with E-state index in [9.17, 15) is 13.2 Å². The number of hydrazone groups is 1. The highest BCUT2D eigenvalue weighted by Crippen LogP contribution is 2.21. The molecule has 7 heteroatoms. The van der Waals surface area contributed by atoms with Gasteiger partial charge >= 0.3 is 0 Å². The van der Waals surface area contributed by atoms with E-state index in [2.05, 4.69) is 10.5 Å². The fraction of sp³-hybridized carbons (Fsp3) is 0.143. The molecule has 3 aromatic carbocycles. The Hall–Kier alpha value is -3.03. The van der Waals surface area contributed by atoms with Gasteiger partial charge in [-0.2, -0.15) is 9.41 Å². The number of carbonyl (C=O) groups is 1. The molecule has 0 aliphatic carbocycles. The third-order valence-electron chi connectivity index (χ3n) is 4.28. The van der Waals surface area contributed by atoms with Crippen molar-refractivity contribution in [3.63, 3.8) is 0 Å². The third-order valence-corrected chi connectivity index (χ3v) is 6.07. The Labute approximate surface area is 164 Å². The molecule has 0 saturated carbocycles. The van der Waals surface area contributed by atoms with E-state index in [1.807, 2.05) is 55.5 Å². The summed E-state index contributed by atoms with van der Waals surface area (Å²) in [5.74, 6) is -0.518. The number of aryl methyl sites for hydroxylation is 1. The summed E-state index contributed by atoms with van der Waals surface area (Å²) in [6, 6.07) is 20.0. The first-order valence-corrected chi connectivity index (χ1v) is 10.1. The fourth-order valence-electron chi connectivity index (χ4n) is 2.66. The van der Waals surface area contributed by atoms with Crippen LogP contribution >= 0.6 is 0 Å². The Bertz CT molecular complexity index is 1120. The van der Waals surface area contributed by atoms with E-state index in [4.69, 9.17) is 0 Å². The van der Waals surface area contributed by atoms with Gasteiger partial charge in [0.25, 0.3) is 5.91 Å². The predicted octanol–water partition coefficient (Wildman–Crippen LogP) is 2.92. The second-order valence-electron chi connectivity index (χ2n) is 6.47. The van der Waals surface area contributed by atoms with Crippen LogP contribution in [0.1, 0.15) is 11.1 Å². The number of sulfonamides is 1. The summed E-state index contributed by atoms with van der Waals surface area (Å²) in [6.07, 6.45) is 1.51. The Morgan fingerprint density at radius 1 is 1.04 bits per heavy atom. The Kier molecular flexibility index (Phi) is 5.87. The maximum atomic E-state index is 12.7. The lowest BCUT2D eigenvalue weighted by molar-refractivity contribution is -0.121. The van der Waals surface area contributed by atoms with Gasteiger partial charge in [0.15, 0.2) is 0 Å². The van der Waals surface area contributed by atoms with Crippen molar-refractivity contribution in [3.8, 4) is 0 Å². The second-order valence-corrected chi connectivity index (χ2v) is 8.52. The topological polar surface area (TPSA) is 78.8 Å². The van der Waals surface area contributed by atoms with Crippen LogP contribution in [0, 0.1) is 6.92 Å². The van der Waals surface area contributed by atoms with Crippen molar-refractivity contribution in [1.29, 1.82) is 0 Å². The number of carbonyl (C=O) groups excluding carboxylic acids is 1. The van der Waals surface area contributed by atoms with Crippen LogP contribution in [0.3, 0.4) is 0 Å². The molecule has 0 radical (unpaired) electrons. The summed E-state index contributed by atoms with van der Waals surface area (Å²) in [6.45, 7) is 1.65. The molecule has 0 heterocycles. The minimum Gasteiger partial charge on any atom is -0.272 e. The molecular weight excluding hydrogens is 374 g/mol. The van der Waals surface area contributed by atoms with E-state index in [0.29, 0.717) is 0 Å². The molecule has 1 N–H and O–H groups in total. The molecule has 0 saturated heterocycles. The fourth-order valence-corrected chi connectivity index (χ4v) is 3.82. The minimum atomic E-state index is -3.79. The van der Waals surface area contributed by atoms with E-state index in [0.717, 1.165) is 26.2 Å². The zero-order valence-corrected chi connectivity index (χ0v) is 16.5. The van der Waals surface area contributed by atoms with Gasteiger partial charge in [0.2, 0.25) is 10.0 Å². The van der Waals surface area contributed by atoms with Crippen molar-refractivity contribution in [2.45, 2.75) is 11.8 Å². The van der Waals surface area contributed by atoms with Gasteiger partial charge in [-0.3, -0.25) is 4.79 Å². The summed E-state index contributed by atoms with van der Waals surface area (Å²) >= 11 is 0. The van der Waals surface area contributed by atoms with Crippen molar-refractivity contribution in [1.82, 2.24) is 9.73 Å². The lowest BCUT2D eigenvalue weighted by atomic mass is 10.1. The van der Waals surface area contributed by atoms with Crippen molar-refractivity contribution < 1.29 is 13.2 Å². The van der Waals surface area contributed by atoms with Crippen LogP contribution in [-0.4, -0.2) is 38.4 Å². The highest BCUT2D eigenvalue weighted by molar-refractivity contribution is 7.89. The first kappa shape index (κ1) is 19.7. The lowest BCUT2D eigenvalue weighted by Gasteiger charge is -2.16. The second kappa shape index (κ2) is 8.33. The molecule has 0 atom stereocenters. The van der Waals surface area contributed by atoms with Crippen molar-refractivity contribution in [3.05, 3.63) is 77.9 Å². The molecule has 0 spiro atoms. The SMILES string of the molecule is Cc1ccc(C=NNC(=O)CN(C)S(=O)(=O)c2ccc3ccccc3c2)cc1. The van der Waals surface area contributed by atoms with Crippen molar-refractivity contribution in [2.24, 2.45) is 5.10 Å². The Balaban J connectivity index is 1.65. The Morgan fingerprint density at radius 3 is 2.43 bits per heavy atom. The first-order valence-electron chi connectivity index (χ1n) is 8.70. The lowest BCUT2D eigenvalue weighted by Crippen LogP contribution is -2.36. The van der Waals surface area contributed by atoms with Crippen LogP contribution in [0.4, 0.5) is 0 Å². The normalized spacial score (nSPS) is 12.0. The number of nitrogens with zero attached hydrogens (tertiary/aromatic N) is 2. The van der Waals surface area contributed by atoms with Gasteiger partial charge in [-0.15, -0.1) is 0 Å². The summed E-state index contributed by atoms with van der Waals surface area (Å²) in [5, 5.41) is 5.65. The zero-order valence-electron chi connectivity index (χ0n) is 15.7. The third kappa shape index (κ3) is 4.62. The summed E-state index contributed by atoms with van der Waals surface area (Å²) < 4.78 is 26.5. The van der Waals surface area contributed by atoms with Gasteiger partial charge in [-0.1, -0.05) is 60.2 Å².